The van der Waals surface area contributed by atoms with Gasteiger partial charge in [-0.25, -0.2) is 4.98 Å². The maximum atomic E-state index is 13.2. The van der Waals surface area contributed by atoms with Crippen molar-refractivity contribution < 1.29 is 22.8 Å². The molecule has 6 nitrogen and oxygen atoms in total. The fraction of sp³-hybridized carbons (Fsp3) is 0.409. The number of pyridine rings is 1. The van der Waals surface area contributed by atoms with Crippen molar-refractivity contribution in [1.29, 1.82) is 0 Å². The largest absolute Gasteiger partial charge is 0.417 e. The smallest absolute Gasteiger partial charge is 0.353 e. The summed E-state index contributed by atoms with van der Waals surface area (Å²) in [5.41, 5.74) is -0.789. The Bertz CT molecular complexity index is 930. The summed E-state index contributed by atoms with van der Waals surface area (Å²) in [4.78, 5) is 32.6. The van der Waals surface area contributed by atoms with E-state index in [1.165, 1.54) is 29.3 Å². The van der Waals surface area contributed by atoms with Crippen molar-refractivity contribution in [3.05, 3.63) is 59.3 Å². The average molecular weight is 467 g/mol. The van der Waals surface area contributed by atoms with Gasteiger partial charge >= 0.3 is 6.18 Å². The van der Waals surface area contributed by atoms with E-state index in [0.29, 0.717) is 31.0 Å². The molecule has 0 aliphatic carbocycles. The maximum absolute atomic E-state index is 13.2. The first kappa shape index (κ1) is 23.9. The van der Waals surface area contributed by atoms with E-state index in [0.717, 1.165) is 17.6 Å². The first-order valence-corrected chi connectivity index (χ1v) is 11.5. The van der Waals surface area contributed by atoms with Gasteiger partial charge in [-0.2, -0.15) is 24.9 Å². The van der Waals surface area contributed by atoms with Crippen LogP contribution in [0.5, 0.6) is 0 Å². The second kappa shape index (κ2) is 10.7. The number of benzene rings is 1. The third-order valence-electron chi connectivity index (χ3n) is 5.10. The van der Waals surface area contributed by atoms with Gasteiger partial charge in [-0.1, -0.05) is 19.1 Å². The van der Waals surface area contributed by atoms with Gasteiger partial charge in [-0.05, 0) is 30.0 Å². The molecule has 0 spiro atoms. The van der Waals surface area contributed by atoms with Crippen LogP contribution in [0.4, 0.5) is 19.0 Å². The Morgan fingerprint density at radius 3 is 2.44 bits per heavy atom. The number of piperazine rings is 1. The van der Waals surface area contributed by atoms with Crippen molar-refractivity contribution in [1.82, 2.24) is 15.2 Å². The summed E-state index contributed by atoms with van der Waals surface area (Å²) in [5.74, 6) is 1.70. The molecular weight excluding hydrogens is 441 g/mol. The number of halogens is 3. The highest BCUT2D eigenvalue weighted by Crippen LogP contribution is 2.32. The van der Waals surface area contributed by atoms with E-state index in [2.05, 4.69) is 17.2 Å². The zero-order valence-corrected chi connectivity index (χ0v) is 18.5. The highest BCUT2D eigenvalue weighted by atomic mass is 32.2. The molecule has 1 aromatic heterocycles. The topological polar surface area (TPSA) is 65.5 Å². The Labute approximate surface area is 189 Å². The van der Waals surface area contributed by atoms with Crippen LogP contribution in [0.25, 0.3) is 0 Å². The van der Waals surface area contributed by atoms with Gasteiger partial charge in [0.1, 0.15) is 5.82 Å². The second-order valence-corrected chi connectivity index (χ2v) is 8.57. The van der Waals surface area contributed by atoms with E-state index in [-0.39, 0.29) is 24.6 Å². The molecule has 1 aliphatic heterocycles. The molecular formula is C22H25F3N4O2S. The zero-order valence-electron chi connectivity index (χ0n) is 17.7. The van der Waals surface area contributed by atoms with E-state index >= 15 is 0 Å². The molecule has 0 unspecified atom stereocenters. The Morgan fingerprint density at radius 1 is 1.09 bits per heavy atom. The van der Waals surface area contributed by atoms with Crippen molar-refractivity contribution in [2.45, 2.75) is 13.1 Å². The van der Waals surface area contributed by atoms with Crippen LogP contribution in [0.3, 0.4) is 0 Å². The minimum Gasteiger partial charge on any atom is -0.353 e. The van der Waals surface area contributed by atoms with Crippen LogP contribution >= 0.6 is 11.8 Å². The van der Waals surface area contributed by atoms with Gasteiger partial charge < -0.3 is 15.1 Å². The summed E-state index contributed by atoms with van der Waals surface area (Å²) in [6, 6.07) is 8.28. The molecule has 172 valence electrons. The number of anilines is 1. The van der Waals surface area contributed by atoms with Gasteiger partial charge in [0.25, 0.3) is 11.8 Å². The van der Waals surface area contributed by atoms with E-state index in [4.69, 9.17) is 0 Å². The number of thioether (sulfide) groups is 1. The predicted molar refractivity (Wildman–Crippen MR) is 119 cm³/mol. The molecule has 0 radical (unpaired) electrons. The quantitative estimate of drug-likeness (QED) is 0.633. The molecule has 2 aromatic rings. The molecule has 0 atom stereocenters. The monoisotopic (exact) mass is 466 g/mol. The van der Waals surface area contributed by atoms with Gasteiger partial charge in [0.15, 0.2) is 0 Å². The number of nitrogens with zero attached hydrogens (tertiary/aromatic N) is 3. The number of carbonyl (C=O) groups excluding carboxylic acids is 2. The lowest BCUT2D eigenvalue weighted by Gasteiger charge is -2.35. The predicted octanol–water partition coefficient (Wildman–Crippen LogP) is 3.55. The Hall–Kier alpha value is -2.75. The molecule has 0 bridgehead atoms. The number of alkyl halides is 3. The number of carbonyl (C=O) groups is 2. The number of hydrogen-bond acceptors (Lipinski definition) is 5. The fourth-order valence-electron chi connectivity index (χ4n) is 3.42. The second-order valence-electron chi connectivity index (χ2n) is 7.18. The molecule has 32 heavy (non-hydrogen) atoms. The van der Waals surface area contributed by atoms with Crippen LogP contribution in [0.15, 0.2) is 42.6 Å². The van der Waals surface area contributed by atoms with Crippen molar-refractivity contribution in [3.63, 3.8) is 0 Å². The summed E-state index contributed by atoms with van der Waals surface area (Å²) in [7, 11) is 0. The molecule has 10 heteroatoms. The van der Waals surface area contributed by atoms with Crippen LogP contribution in [0, 0.1) is 0 Å². The summed E-state index contributed by atoms with van der Waals surface area (Å²) < 4.78 is 39.7. The third-order valence-corrected chi connectivity index (χ3v) is 6.00. The first-order chi connectivity index (χ1) is 15.3. The molecule has 1 fully saturated rings. The molecule has 1 saturated heterocycles. The average Bonchev–Trinajstić information content (AvgIpc) is 2.81. The van der Waals surface area contributed by atoms with Crippen LogP contribution in [0.2, 0.25) is 0 Å². The van der Waals surface area contributed by atoms with Crippen LogP contribution in [0.1, 0.15) is 33.2 Å². The van der Waals surface area contributed by atoms with Gasteiger partial charge in [0, 0.05) is 44.7 Å². The Balaban J connectivity index is 1.57. The number of aromatic nitrogens is 1. The van der Waals surface area contributed by atoms with Crippen molar-refractivity contribution in [3.8, 4) is 0 Å². The van der Waals surface area contributed by atoms with Crippen LogP contribution in [-0.4, -0.2) is 65.9 Å². The van der Waals surface area contributed by atoms with Gasteiger partial charge in [0.2, 0.25) is 0 Å². The normalized spacial score (nSPS) is 14.4. The zero-order chi connectivity index (χ0) is 23.1. The standard InChI is InChI=1S/C22H25F3N4O2S/c1-2-32-14-9-26-20(30)16-7-8-19(27-15-16)28-10-12-29(13-11-28)21(31)17-5-3-4-6-18(17)22(23,24)25/h3-8,15H,2,9-14H2,1H3,(H,26,30). The van der Waals surface area contributed by atoms with Crippen molar-refractivity contribution in [2.24, 2.45) is 0 Å². The lowest BCUT2D eigenvalue weighted by atomic mass is 10.1. The Morgan fingerprint density at radius 2 is 1.81 bits per heavy atom. The van der Waals surface area contributed by atoms with E-state index < -0.39 is 17.6 Å². The van der Waals surface area contributed by atoms with Crippen molar-refractivity contribution in [2.75, 3.05) is 49.1 Å². The highest BCUT2D eigenvalue weighted by molar-refractivity contribution is 7.99. The molecule has 2 amide bonds. The highest BCUT2D eigenvalue weighted by Gasteiger charge is 2.36. The number of hydrogen-bond donors (Lipinski definition) is 1. The molecule has 3 rings (SSSR count). The summed E-state index contributed by atoms with van der Waals surface area (Å²) in [6.45, 7) is 4.09. The minimum atomic E-state index is -4.58. The SMILES string of the molecule is CCSCCNC(=O)c1ccc(N2CCN(C(=O)c3ccccc3C(F)(F)F)CC2)nc1. The summed E-state index contributed by atoms with van der Waals surface area (Å²) in [5, 5.41) is 2.84. The lowest BCUT2D eigenvalue weighted by Crippen LogP contribution is -2.49. The summed E-state index contributed by atoms with van der Waals surface area (Å²) in [6.07, 6.45) is -3.07. The molecule has 1 N–H and O–H groups in total. The van der Waals surface area contributed by atoms with Crippen molar-refractivity contribution >= 4 is 29.4 Å². The molecule has 1 aromatic carbocycles. The molecule has 1 aliphatic rings. The minimum absolute atomic E-state index is 0.181. The van der Waals surface area contributed by atoms with Crippen LogP contribution < -0.4 is 10.2 Å². The van der Waals surface area contributed by atoms with Crippen LogP contribution in [-0.2, 0) is 6.18 Å². The number of nitrogens with one attached hydrogen (secondary N) is 1. The number of rotatable bonds is 7. The molecule has 2 heterocycles. The van der Waals surface area contributed by atoms with E-state index in [1.54, 1.807) is 23.9 Å². The Kier molecular flexibility index (Phi) is 8.00. The molecule has 0 saturated carbocycles. The van der Waals surface area contributed by atoms with E-state index in [9.17, 15) is 22.8 Å². The van der Waals surface area contributed by atoms with Gasteiger partial charge in [-0.15, -0.1) is 0 Å². The van der Waals surface area contributed by atoms with Gasteiger partial charge in [0.05, 0.1) is 16.7 Å². The summed E-state index contributed by atoms with van der Waals surface area (Å²) >= 11 is 1.75. The lowest BCUT2D eigenvalue weighted by molar-refractivity contribution is -0.138. The first-order valence-electron chi connectivity index (χ1n) is 10.3. The van der Waals surface area contributed by atoms with E-state index in [1.807, 2.05) is 4.90 Å². The fourth-order valence-corrected chi connectivity index (χ4v) is 3.95. The van der Waals surface area contributed by atoms with Gasteiger partial charge in [-0.3, -0.25) is 9.59 Å². The maximum Gasteiger partial charge on any atom is 0.417 e. The third kappa shape index (κ3) is 5.93. The number of amides is 2.